The summed E-state index contributed by atoms with van der Waals surface area (Å²) in [4.78, 5) is 8.73. The fourth-order valence-electron chi connectivity index (χ4n) is 1.59. The summed E-state index contributed by atoms with van der Waals surface area (Å²) in [5.74, 6) is 0.747. The average molecular weight is 258 g/mol. The van der Waals surface area contributed by atoms with Crippen LogP contribution in [0, 0.1) is 0 Å². The van der Waals surface area contributed by atoms with Crippen molar-refractivity contribution in [1.29, 1.82) is 0 Å². The van der Waals surface area contributed by atoms with E-state index in [0.717, 1.165) is 11.4 Å². The minimum Gasteiger partial charge on any atom is -0.388 e. The van der Waals surface area contributed by atoms with Crippen molar-refractivity contribution in [3.63, 3.8) is 0 Å². The van der Waals surface area contributed by atoms with Crippen molar-refractivity contribution in [3.05, 3.63) is 54.0 Å². The third kappa shape index (κ3) is 3.01. The van der Waals surface area contributed by atoms with E-state index in [1.165, 1.54) is 0 Å². The van der Waals surface area contributed by atoms with E-state index in [1.807, 2.05) is 37.4 Å². The van der Waals surface area contributed by atoms with Gasteiger partial charge in [-0.15, -0.1) is 0 Å². The maximum Gasteiger partial charge on any atom is 0.127 e. The Morgan fingerprint density at radius 3 is 2.83 bits per heavy atom. The first-order chi connectivity index (χ1) is 8.66. The lowest BCUT2D eigenvalue weighted by molar-refractivity contribution is 0.866. The van der Waals surface area contributed by atoms with Gasteiger partial charge < -0.3 is 11.1 Å². The quantitative estimate of drug-likeness (QED) is 0.824. The van der Waals surface area contributed by atoms with Gasteiger partial charge in [0, 0.05) is 12.4 Å². The molecule has 2 aromatic rings. The second-order valence-electron chi connectivity index (χ2n) is 3.92. The molecule has 0 amide bonds. The van der Waals surface area contributed by atoms with Crippen LogP contribution < -0.4 is 11.1 Å². The predicted octanol–water partition coefficient (Wildman–Crippen LogP) is 2.28. The molecule has 5 heteroatoms. The minimum atomic E-state index is 0.118. The van der Waals surface area contributed by atoms with Crippen LogP contribution >= 0.6 is 12.2 Å². The van der Waals surface area contributed by atoms with Gasteiger partial charge in [0.15, 0.2) is 0 Å². The van der Waals surface area contributed by atoms with Crippen molar-refractivity contribution in [3.8, 4) is 0 Å². The summed E-state index contributed by atoms with van der Waals surface area (Å²) in [5, 5.41) is 3.29. The Hall–Kier alpha value is -2.01. The van der Waals surface area contributed by atoms with Gasteiger partial charge in [-0.05, 0) is 30.7 Å². The van der Waals surface area contributed by atoms with Crippen molar-refractivity contribution in [2.24, 2.45) is 5.73 Å². The highest BCUT2D eigenvalue weighted by molar-refractivity contribution is 7.80. The van der Waals surface area contributed by atoms with Gasteiger partial charge in [-0.2, -0.15) is 0 Å². The second-order valence-corrected chi connectivity index (χ2v) is 4.36. The van der Waals surface area contributed by atoms with Gasteiger partial charge in [-0.25, -0.2) is 4.98 Å². The van der Waals surface area contributed by atoms with Crippen LogP contribution in [-0.2, 0) is 0 Å². The van der Waals surface area contributed by atoms with E-state index >= 15 is 0 Å². The molecule has 3 N–H and O–H groups in total. The fraction of sp³-hybridized carbons (Fsp3) is 0.154. The molecule has 0 aliphatic heterocycles. The molecule has 0 bridgehead atoms. The van der Waals surface area contributed by atoms with E-state index < -0.39 is 0 Å². The molecule has 2 rings (SSSR count). The number of rotatable bonds is 4. The number of thiocarbonyl (C=S) groups is 1. The van der Waals surface area contributed by atoms with Crippen LogP contribution in [0.1, 0.15) is 24.2 Å². The standard InChI is InChI=1S/C13H14N4S/c1-9(10-4-3-7-15-8-10)16-12-6-2-5-11(17-12)13(14)18/h2-9H,1H3,(H2,14,18)(H,16,17). The van der Waals surface area contributed by atoms with Gasteiger partial charge in [0.25, 0.3) is 0 Å². The van der Waals surface area contributed by atoms with Gasteiger partial charge in [0.2, 0.25) is 0 Å². The number of nitrogens with one attached hydrogen (secondary N) is 1. The van der Waals surface area contributed by atoms with Gasteiger partial charge in [0.05, 0.1) is 11.7 Å². The molecule has 1 atom stereocenters. The normalized spacial score (nSPS) is 11.8. The van der Waals surface area contributed by atoms with Crippen molar-refractivity contribution < 1.29 is 0 Å². The number of nitrogens with zero attached hydrogens (tertiary/aromatic N) is 2. The highest BCUT2D eigenvalue weighted by Gasteiger charge is 2.06. The highest BCUT2D eigenvalue weighted by atomic mass is 32.1. The molecule has 4 nitrogen and oxygen atoms in total. The third-order valence-electron chi connectivity index (χ3n) is 2.55. The Labute approximate surface area is 111 Å². The number of hydrogen-bond acceptors (Lipinski definition) is 4. The Morgan fingerprint density at radius 1 is 1.33 bits per heavy atom. The molecule has 0 aromatic carbocycles. The van der Waals surface area contributed by atoms with E-state index in [1.54, 1.807) is 12.3 Å². The van der Waals surface area contributed by atoms with Crippen molar-refractivity contribution in [2.75, 3.05) is 5.32 Å². The fourth-order valence-corrected chi connectivity index (χ4v) is 1.70. The molecular weight excluding hydrogens is 244 g/mol. The minimum absolute atomic E-state index is 0.118. The first-order valence-electron chi connectivity index (χ1n) is 5.60. The van der Waals surface area contributed by atoms with E-state index in [2.05, 4.69) is 15.3 Å². The Balaban J connectivity index is 2.14. The number of anilines is 1. The van der Waals surface area contributed by atoms with Gasteiger partial charge in [-0.3, -0.25) is 4.98 Å². The molecule has 0 radical (unpaired) electrons. The maximum absolute atomic E-state index is 5.56. The summed E-state index contributed by atoms with van der Waals surface area (Å²) >= 11 is 4.91. The topological polar surface area (TPSA) is 63.8 Å². The number of hydrogen-bond donors (Lipinski definition) is 2. The summed E-state index contributed by atoms with van der Waals surface area (Å²) in [7, 11) is 0. The summed E-state index contributed by atoms with van der Waals surface area (Å²) in [6.07, 6.45) is 3.58. The van der Waals surface area contributed by atoms with Crippen LogP contribution in [0.3, 0.4) is 0 Å². The van der Waals surface area contributed by atoms with E-state index in [4.69, 9.17) is 18.0 Å². The zero-order valence-corrected chi connectivity index (χ0v) is 10.8. The number of pyridine rings is 2. The lowest BCUT2D eigenvalue weighted by Gasteiger charge is -2.14. The molecule has 0 aliphatic carbocycles. The molecule has 0 saturated carbocycles. The molecule has 2 aromatic heterocycles. The first kappa shape index (κ1) is 12.4. The molecule has 92 valence electrons. The lowest BCUT2D eigenvalue weighted by Crippen LogP contribution is -2.14. The van der Waals surface area contributed by atoms with Crippen LogP contribution in [0.5, 0.6) is 0 Å². The lowest BCUT2D eigenvalue weighted by atomic mass is 10.1. The van der Waals surface area contributed by atoms with Crippen molar-refractivity contribution in [2.45, 2.75) is 13.0 Å². The molecule has 0 saturated heterocycles. The summed E-state index contributed by atoms with van der Waals surface area (Å²) < 4.78 is 0. The van der Waals surface area contributed by atoms with Crippen LogP contribution in [0.2, 0.25) is 0 Å². The SMILES string of the molecule is CC(Nc1cccc(C(N)=S)n1)c1cccnc1. The number of nitrogens with two attached hydrogens (primary N) is 1. The molecule has 0 fully saturated rings. The van der Waals surface area contributed by atoms with Crippen LogP contribution in [0.25, 0.3) is 0 Å². The van der Waals surface area contributed by atoms with E-state index in [0.29, 0.717) is 10.7 Å². The van der Waals surface area contributed by atoms with Crippen molar-refractivity contribution in [1.82, 2.24) is 9.97 Å². The molecule has 0 spiro atoms. The zero-order valence-electron chi connectivity index (χ0n) is 10.00. The Kier molecular flexibility index (Phi) is 3.84. The summed E-state index contributed by atoms with van der Waals surface area (Å²) in [6, 6.07) is 9.60. The van der Waals surface area contributed by atoms with Crippen LogP contribution in [0.15, 0.2) is 42.7 Å². The van der Waals surface area contributed by atoms with Gasteiger partial charge in [-0.1, -0.05) is 24.4 Å². The van der Waals surface area contributed by atoms with Crippen LogP contribution in [-0.4, -0.2) is 15.0 Å². The van der Waals surface area contributed by atoms with Crippen LogP contribution in [0.4, 0.5) is 5.82 Å². The predicted molar refractivity (Wildman–Crippen MR) is 76.4 cm³/mol. The molecule has 1 unspecified atom stereocenters. The smallest absolute Gasteiger partial charge is 0.127 e. The van der Waals surface area contributed by atoms with E-state index in [-0.39, 0.29) is 6.04 Å². The Bertz CT molecular complexity index is 542. The largest absolute Gasteiger partial charge is 0.388 e. The average Bonchev–Trinajstić information content (AvgIpc) is 2.40. The maximum atomic E-state index is 5.56. The summed E-state index contributed by atoms with van der Waals surface area (Å²) in [6.45, 7) is 2.05. The Morgan fingerprint density at radius 2 is 2.17 bits per heavy atom. The first-order valence-corrected chi connectivity index (χ1v) is 6.01. The summed E-state index contributed by atoms with van der Waals surface area (Å²) in [5.41, 5.74) is 7.27. The van der Waals surface area contributed by atoms with Crippen molar-refractivity contribution >= 4 is 23.0 Å². The molecule has 18 heavy (non-hydrogen) atoms. The molecule has 2 heterocycles. The molecular formula is C13H14N4S. The van der Waals surface area contributed by atoms with Gasteiger partial charge in [0.1, 0.15) is 10.8 Å². The second kappa shape index (κ2) is 5.55. The molecule has 0 aliphatic rings. The highest BCUT2D eigenvalue weighted by Crippen LogP contribution is 2.16. The monoisotopic (exact) mass is 258 g/mol. The number of aromatic nitrogens is 2. The third-order valence-corrected chi connectivity index (χ3v) is 2.76. The zero-order chi connectivity index (χ0) is 13.0. The van der Waals surface area contributed by atoms with E-state index in [9.17, 15) is 0 Å². The van der Waals surface area contributed by atoms with Gasteiger partial charge >= 0.3 is 0 Å².